The number of aromatic hydroxyl groups is 1. The SMILES string of the molecule is CCC1CC(O)[C@@]2(C)CC[C@@H]3c4ccc(O)cc4CC[C@H]3[C@H]12. The number of aliphatic hydroxyl groups excluding tert-OH is 1. The smallest absolute Gasteiger partial charge is 0.115 e. The maximum absolute atomic E-state index is 10.7. The summed E-state index contributed by atoms with van der Waals surface area (Å²) in [6, 6.07) is 5.99. The van der Waals surface area contributed by atoms with Crippen LogP contribution in [0.15, 0.2) is 18.2 Å². The third kappa shape index (κ3) is 1.89. The van der Waals surface area contributed by atoms with Crippen molar-refractivity contribution in [2.75, 3.05) is 0 Å². The zero-order valence-corrected chi connectivity index (χ0v) is 13.8. The number of hydrogen-bond donors (Lipinski definition) is 2. The van der Waals surface area contributed by atoms with Gasteiger partial charge in [0.05, 0.1) is 6.10 Å². The molecule has 2 heteroatoms. The van der Waals surface area contributed by atoms with E-state index in [-0.39, 0.29) is 11.5 Å². The number of benzene rings is 1. The molecule has 22 heavy (non-hydrogen) atoms. The van der Waals surface area contributed by atoms with Gasteiger partial charge in [-0.2, -0.15) is 0 Å². The van der Waals surface area contributed by atoms with Crippen LogP contribution in [0.25, 0.3) is 0 Å². The molecule has 4 rings (SSSR count). The van der Waals surface area contributed by atoms with Gasteiger partial charge in [0.25, 0.3) is 0 Å². The van der Waals surface area contributed by atoms with E-state index in [0.29, 0.717) is 23.5 Å². The number of fused-ring (bicyclic) bond motifs is 5. The molecule has 1 aromatic rings. The molecule has 0 spiro atoms. The summed E-state index contributed by atoms with van der Waals surface area (Å²) in [5.74, 6) is 3.12. The van der Waals surface area contributed by atoms with Crippen LogP contribution < -0.4 is 0 Å². The number of hydrogen-bond acceptors (Lipinski definition) is 2. The monoisotopic (exact) mass is 300 g/mol. The topological polar surface area (TPSA) is 40.5 Å². The van der Waals surface area contributed by atoms with Crippen LogP contribution in [0.4, 0.5) is 0 Å². The first-order valence-corrected chi connectivity index (χ1v) is 9.04. The lowest BCUT2D eigenvalue weighted by Gasteiger charge is -2.51. The maximum Gasteiger partial charge on any atom is 0.115 e. The standard InChI is InChI=1S/C20H28O2/c1-3-12-11-18(22)20(2)9-8-16-15-7-5-14(21)10-13(15)4-6-17(16)19(12)20/h5,7,10,12,16-19,21-22H,3-4,6,8-9,11H2,1-2H3/t12?,16-,17-,18?,19+,20-/m1/s1. The van der Waals surface area contributed by atoms with Crippen molar-refractivity contribution in [1.29, 1.82) is 0 Å². The number of aryl methyl sites for hydroxylation is 1. The van der Waals surface area contributed by atoms with Gasteiger partial charge in [-0.3, -0.25) is 0 Å². The van der Waals surface area contributed by atoms with Gasteiger partial charge >= 0.3 is 0 Å². The Balaban J connectivity index is 1.73. The lowest BCUT2D eigenvalue weighted by atomic mass is 9.54. The van der Waals surface area contributed by atoms with Crippen LogP contribution in [0.3, 0.4) is 0 Å². The molecule has 0 radical (unpaired) electrons. The van der Waals surface area contributed by atoms with Gasteiger partial charge in [-0.1, -0.05) is 26.3 Å². The highest BCUT2D eigenvalue weighted by Gasteiger charge is 2.57. The lowest BCUT2D eigenvalue weighted by Crippen LogP contribution is -2.45. The molecule has 3 aliphatic rings. The molecule has 0 amide bonds. The molecule has 3 aliphatic carbocycles. The minimum atomic E-state index is -0.107. The molecule has 2 unspecified atom stereocenters. The third-order valence-corrected chi connectivity index (χ3v) is 7.33. The van der Waals surface area contributed by atoms with Gasteiger partial charge in [0, 0.05) is 0 Å². The number of aliphatic hydroxyl groups is 1. The summed E-state index contributed by atoms with van der Waals surface area (Å²) in [5.41, 5.74) is 2.97. The third-order valence-electron chi connectivity index (χ3n) is 7.33. The second-order valence-electron chi connectivity index (χ2n) is 8.18. The molecular weight excluding hydrogens is 272 g/mol. The number of phenols is 1. The molecule has 2 nitrogen and oxygen atoms in total. The summed E-state index contributed by atoms with van der Waals surface area (Å²) in [6.45, 7) is 4.64. The molecule has 0 aromatic heterocycles. The Kier molecular flexibility index (Phi) is 3.30. The Morgan fingerprint density at radius 1 is 1.27 bits per heavy atom. The van der Waals surface area contributed by atoms with Crippen LogP contribution in [0.2, 0.25) is 0 Å². The number of phenolic OH excluding ortho intramolecular Hbond substituents is 1. The average molecular weight is 300 g/mol. The molecule has 6 atom stereocenters. The second-order valence-corrected chi connectivity index (χ2v) is 8.18. The van der Waals surface area contributed by atoms with Gasteiger partial charge in [0.1, 0.15) is 5.75 Å². The van der Waals surface area contributed by atoms with E-state index >= 15 is 0 Å². The van der Waals surface area contributed by atoms with E-state index in [0.717, 1.165) is 25.2 Å². The molecule has 0 saturated heterocycles. The molecule has 1 aromatic carbocycles. The lowest BCUT2D eigenvalue weighted by molar-refractivity contribution is -0.0301. The van der Waals surface area contributed by atoms with Gasteiger partial charge in [-0.15, -0.1) is 0 Å². The second kappa shape index (κ2) is 4.99. The highest BCUT2D eigenvalue weighted by atomic mass is 16.3. The van der Waals surface area contributed by atoms with Crippen molar-refractivity contribution in [2.24, 2.45) is 23.2 Å². The van der Waals surface area contributed by atoms with Gasteiger partial charge in [-0.25, -0.2) is 0 Å². The van der Waals surface area contributed by atoms with E-state index in [1.807, 2.05) is 12.1 Å². The summed E-state index contributed by atoms with van der Waals surface area (Å²) in [7, 11) is 0. The Labute approximate surface area is 133 Å². The van der Waals surface area contributed by atoms with Crippen LogP contribution in [0.5, 0.6) is 5.75 Å². The van der Waals surface area contributed by atoms with Crippen molar-refractivity contribution in [3.63, 3.8) is 0 Å². The highest BCUT2D eigenvalue weighted by molar-refractivity contribution is 5.40. The quantitative estimate of drug-likeness (QED) is 0.814. The molecule has 0 bridgehead atoms. The van der Waals surface area contributed by atoms with Crippen molar-refractivity contribution in [1.82, 2.24) is 0 Å². The van der Waals surface area contributed by atoms with E-state index in [1.54, 1.807) is 0 Å². The zero-order chi connectivity index (χ0) is 15.5. The van der Waals surface area contributed by atoms with Crippen molar-refractivity contribution in [3.8, 4) is 5.75 Å². The van der Waals surface area contributed by atoms with E-state index in [2.05, 4.69) is 19.9 Å². The fourth-order valence-electron chi connectivity index (χ4n) is 6.25. The molecule has 120 valence electrons. The van der Waals surface area contributed by atoms with Crippen molar-refractivity contribution in [3.05, 3.63) is 29.3 Å². The summed E-state index contributed by atoms with van der Waals surface area (Å²) < 4.78 is 0. The van der Waals surface area contributed by atoms with Gasteiger partial charge in [0.2, 0.25) is 0 Å². The van der Waals surface area contributed by atoms with Gasteiger partial charge < -0.3 is 10.2 Å². The molecule has 2 N–H and O–H groups in total. The van der Waals surface area contributed by atoms with Crippen LogP contribution in [-0.2, 0) is 6.42 Å². The van der Waals surface area contributed by atoms with E-state index in [4.69, 9.17) is 0 Å². The van der Waals surface area contributed by atoms with E-state index in [1.165, 1.54) is 30.4 Å². The Morgan fingerprint density at radius 2 is 2.09 bits per heavy atom. The Morgan fingerprint density at radius 3 is 2.86 bits per heavy atom. The van der Waals surface area contributed by atoms with Crippen molar-refractivity contribution >= 4 is 0 Å². The largest absolute Gasteiger partial charge is 0.508 e. The summed E-state index contributed by atoms with van der Waals surface area (Å²) >= 11 is 0. The highest BCUT2D eigenvalue weighted by Crippen LogP contribution is 2.63. The van der Waals surface area contributed by atoms with Crippen molar-refractivity contribution < 1.29 is 10.2 Å². The van der Waals surface area contributed by atoms with E-state index < -0.39 is 0 Å². The van der Waals surface area contributed by atoms with Crippen LogP contribution >= 0.6 is 0 Å². The zero-order valence-electron chi connectivity index (χ0n) is 13.8. The fraction of sp³-hybridized carbons (Fsp3) is 0.700. The fourth-order valence-corrected chi connectivity index (χ4v) is 6.25. The molecule has 0 heterocycles. The first-order valence-electron chi connectivity index (χ1n) is 9.04. The van der Waals surface area contributed by atoms with Gasteiger partial charge in [-0.05, 0) is 84.5 Å². The summed E-state index contributed by atoms with van der Waals surface area (Å²) in [5, 5.41) is 20.4. The van der Waals surface area contributed by atoms with E-state index in [9.17, 15) is 10.2 Å². The van der Waals surface area contributed by atoms with Crippen LogP contribution in [-0.4, -0.2) is 16.3 Å². The minimum absolute atomic E-state index is 0.107. The van der Waals surface area contributed by atoms with Crippen LogP contribution in [0, 0.1) is 23.2 Å². The summed E-state index contributed by atoms with van der Waals surface area (Å²) in [6.07, 6.45) is 6.75. The predicted octanol–water partition coefficient (Wildman–Crippen LogP) is 4.25. The molecular formula is C20H28O2. The minimum Gasteiger partial charge on any atom is -0.508 e. The first kappa shape index (κ1) is 14.6. The average Bonchev–Trinajstić information content (AvgIpc) is 2.78. The maximum atomic E-state index is 10.7. The van der Waals surface area contributed by atoms with Crippen LogP contribution in [0.1, 0.15) is 63.0 Å². The molecule has 2 saturated carbocycles. The summed E-state index contributed by atoms with van der Waals surface area (Å²) in [4.78, 5) is 0. The number of rotatable bonds is 1. The Hall–Kier alpha value is -1.02. The normalized spacial score (nSPS) is 43.3. The first-order chi connectivity index (χ1) is 10.5. The van der Waals surface area contributed by atoms with Crippen molar-refractivity contribution in [2.45, 2.75) is 64.4 Å². The molecule has 0 aliphatic heterocycles. The van der Waals surface area contributed by atoms with Gasteiger partial charge in [0.15, 0.2) is 0 Å². The predicted molar refractivity (Wildman–Crippen MR) is 87.9 cm³/mol. The Bertz CT molecular complexity index is 581. The molecule has 2 fully saturated rings.